The number of aliphatic hydroxyl groups is 1. The van der Waals surface area contributed by atoms with Gasteiger partial charge in [-0.25, -0.2) is 0 Å². The quantitative estimate of drug-likeness (QED) is 0.898. The molecule has 0 bridgehead atoms. The summed E-state index contributed by atoms with van der Waals surface area (Å²) in [5.41, 5.74) is 0.997. The van der Waals surface area contributed by atoms with Crippen molar-refractivity contribution in [3.05, 3.63) is 24.3 Å². The number of benzene rings is 1. The molecule has 1 aliphatic heterocycles. The minimum atomic E-state index is -0.658. The summed E-state index contributed by atoms with van der Waals surface area (Å²) in [6.45, 7) is 1.90. The summed E-state index contributed by atoms with van der Waals surface area (Å²) >= 11 is 0. The highest BCUT2D eigenvalue weighted by atomic mass is 16.4. The molecule has 1 saturated carbocycles. The maximum absolute atomic E-state index is 12.3. The number of anilines is 1. The molecular formula is C18H23N3O3. The van der Waals surface area contributed by atoms with Crippen LogP contribution >= 0.6 is 0 Å². The molecule has 1 aliphatic carbocycles. The molecule has 1 aromatic carbocycles. The number of oxazole rings is 1. The van der Waals surface area contributed by atoms with Crippen molar-refractivity contribution in [2.24, 2.45) is 5.92 Å². The van der Waals surface area contributed by atoms with E-state index in [1.165, 1.54) is 0 Å². The Hall–Kier alpha value is -2.08. The van der Waals surface area contributed by atoms with Crippen LogP contribution in [0.5, 0.6) is 0 Å². The Morgan fingerprint density at radius 1 is 1.33 bits per heavy atom. The Kier molecular flexibility index (Phi) is 3.92. The van der Waals surface area contributed by atoms with Crippen LogP contribution < -0.4 is 10.2 Å². The fraction of sp³-hybridized carbons (Fsp3) is 0.556. The first-order valence-corrected chi connectivity index (χ1v) is 8.74. The molecule has 2 aliphatic rings. The van der Waals surface area contributed by atoms with E-state index in [1.54, 1.807) is 0 Å². The van der Waals surface area contributed by atoms with Gasteiger partial charge in [-0.15, -0.1) is 0 Å². The van der Waals surface area contributed by atoms with Crippen molar-refractivity contribution in [2.75, 3.05) is 24.5 Å². The number of rotatable bonds is 4. The number of piperidine rings is 1. The molecule has 0 atom stereocenters. The molecule has 2 heterocycles. The molecule has 2 N–H and O–H groups in total. The van der Waals surface area contributed by atoms with Gasteiger partial charge < -0.3 is 19.7 Å². The van der Waals surface area contributed by atoms with Crippen molar-refractivity contribution >= 4 is 23.0 Å². The summed E-state index contributed by atoms with van der Waals surface area (Å²) in [4.78, 5) is 18.9. The predicted octanol–water partition coefficient (Wildman–Crippen LogP) is 2.08. The van der Waals surface area contributed by atoms with Crippen LogP contribution in [0.1, 0.15) is 32.1 Å². The number of hydrogen-bond acceptors (Lipinski definition) is 5. The van der Waals surface area contributed by atoms with Gasteiger partial charge in [-0.05, 0) is 44.2 Å². The van der Waals surface area contributed by atoms with Gasteiger partial charge in [0, 0.05) is 25.6 Å². The summed E-state index contributed by atoms with van der Waals surface area (Å²) < 4.78 is 5.80. The van der Waals surface area contributed by atoms with Gasteiger partial charge in [-0.3, -0.25) is 4.79 Å². The minimum Gasteiger partial charge on any atom is -0.423 e. The molecule has 0 radical (unpaired) electrons. The number of carbonyl (C=O) groups is 1. The van der Waals surface area contributed by atoms with Crippen molar-refractivity contribution in [1.82, 2.24) is 10.3 Å². The highest BCUT2D eigenvalue weighted by molar-refractivity contribution is 5.79. The van der Waals surface area contributed by atoms with E-state index >= 15 is 0 Å². The first kappa shape index (κ1) is 15.4. The third-order valence-corrected chi connectivity index (χ3v) is 5.29. The summed E-state index contributed by atoms with van der Waals surface area (Å²) in [5.74, 6) is 0.0712. The second kappa shape index (κ2) is 6.09. The van der Waals surface area contributed by atoms with E-state index < -0.39 is 5.60 Å². The molecule has 2 fully saturated rings. The van der Waals surface area contributed by atoms with Gasteiger partial charge in [0.25, 0.3) is 6.01 Å². The van der Waals surface area contributed by atoms with E-state index in [-0.39, 0.29) is 11.8 Å². The zero-order valence-electron chi connectivity index (χ0n) is 13.7. The van der Waals surface area contributed by atoms with Crippen molar-refractivity contribution < 1.29 is 14.3 Å². The highest BCUT2D eigenvalue weighted by Gasteiger charge is 2.35. The Morgan fingerprint density at radius 3 is 2.75 bits per heavy atom. The van der Waals surface area contributed by atoms with Crippen LogP contribution in [-0.4, -0.2) is 41.2 Å². The Labute approximate surface area is 140 Å². The lowest BCUT2D eigenvalue weighted by atomic mass is 9.80. The molecule has 6 heteroatoms. The monoisotopic (exact) mass is 329 g/mol. The van der Waals surface area contributed by atoms with E-state index in [2.05, 4.69) is 15.2 Å². The van der Waals surface area contributed by atoms with Crippen LogP contribution in [0.4, 0.5) is 6.01 Å². The maximum Gasteiger partial charge on any atom is 0.298 e. The second-order valence-electron chi connectivity index (χ2n) is 7.02. The molecule has 4 rings (SSSR count). The van der Waals surface area contributed by atoms with Crippen molar-refractivity contribution in [3.8, 4) is 0 Å². The Bertz CT molecular complexity index is 697. The van der Waals surface area contributed by atoms with Crippen LogP contribution in [0.3, 0.4) is 0 Å². The number of hydrogen-bond donors (Lipinski definition) is 2. The summed E-state index contributed by atoms with van der Waals surface area (Å²) in [6, 6.07) is 8.37. The molecule has 128 valence electrons. The lowest BCUT2D eigenvalue weighted by Gasteiger charge is -2.37. The average molecular weight is 329 g/mol. The number of nitrogens with one attached hydrogen (secondary N) is 1. The summed E-state index contributed by atoms with van der Waals surface area (Å²) in [5, 5.41) is 13.0. The largest absolute Gasteiger partial charge is 0.423 e. The molecule has 0 spiro atoms. The number of fused-ring (bicyclic) bond motifs is 1. The lowest BCUT2D eigenvalue weighted by molar-refractivity contribution is -0.128. The lowest BCUT2D eigenvalue weighted by Crippen LogP contribution is -2.50. The van der Waals surface area contributed by atoms with Crippen molar-refractivity contribution in [3.63, 3.8) is 0 Å². The number of para-hydroxylation sites is 2. The SMILES string of the molecule is O=C(NCC1(O)CCC1)C1CCN(c2nc3ccccc3o2)CC1. The van der Waals surface area contributed by atoms with E-state index in [4.69, 9.17) is 4.42 Å². The number of amides is 1. The average Bonchev–Trinajstić information content (AvgIpc) is 3.02. The zero-order chi connectivity index (χ0) is 16.6. The van der Waals surface area contributed by atoms with E-state index in [9.17, 15) is 9.90 Å². The van der Waals surface area contributed by atoms with Crippen LogP contribution in [0.25, 0.3) is 11.1 Å². The number of nitrogens with zero attached hydrogens (tertiary/aromatic N) is 2. The standard InChI is InChI=1S/C18H23N3O3/c22-16(19-12-18(23)8-3-9-18)13-6-10-21(11-7-13)17-20-14-4-1-2-5-15(14)24-17/h1-2,4-5,13,23H,3,6-12H2,(H,19,22). The first-order valence-electron chi connectivity index (χ1n) is 8.74. The summed E-state index contributed by atoms with van der Waals surface area (Å²) in [7, 11) is 0. The minimum absolute atomic E-state index is 0.00862. The zero-order valence-corrected chi connectivity index (χ0v) is 13.7. The Balaban J connectivity index is 1.32. The van der Waals surface area contributed by atoms with Crippen LogP contribution in [-0.2, 0) is 4.79 Å². The number of aromatic nitrogens is 1. The molecule has 6 nitrogen and oxygen atoms in total. The molecule has 24 heavy (non-hydrogen) atoms. The molecular weight excluding hydrogens is 306 g/mol. The van der Waals surface area contributed by atoms with Gasteiger partial charge in [0.1, 0.15) is 5.52 Å². The van der Waals surface area contributed by atoms with Gasteiger partial charge in [0.05, 0.1) is 5.60 Å². The van der Waals surface area contributed by atoms with Crippen LogP contribution in [0, 0.1) is 5.92 Å². The predicted molar refractivity (Wildman–Crippen MR) is 90.8 cm³/mol. The van der Waals surface area contributed by atoms with Crippen LogP contribution in [0.15, 0.2) is 28.7 Å². The third kappa shape index (κ3) is 2.98. The van der Waals surface area contributed by atoms with E-state index in [0.29, 0.717) is 12.6 Å². The topological polar surface area (TPSA) is 78.6 Å². The fourth-order valence-corrected chi connectivity index (χ4v) is 3.49. The third-order valence-electron chi connectivity index (χ3n) is 5.29. The van der Waals surface area contributed by atoms with Gasteiger partial charge >= 0.3 is 0 Å². The molecule has 0 unspecified atom stereocenters. The molecule has 1 saturated heterocycles. The van der Waals surface area contributed by atoms with Crippen LogP contribution in [0.2, 0.25) is 0 Å². The van der Waals surface area contributed by atoms with Crippen molar-refractivity contribution in [2.45, 2.75) is 37.7 Å². The highest BCUT2D eigenvalue weighted by Crippen LogP contribution is 2.31. The van der Waals surface area contributed by atoms with E-state index in [0.717, 1.165) is 56.3 Å². The van der Waals surface area contributed by atoms with Gasteiger partial charge in [0.15, 0.2) is 5.58 Å². The molecule has 1 amide bonds. The van der Waals surface area contributed by atoms with Gasteiger partial charge in [0.2, 0.25) is 5.91 Å². The Morgan fingerprint density at radius 2 is 2.08 bits per heavy atom. The van der Waals surface area contributed by atoms with Crippen molar-refractivity contribution in [1.29, 1.82) is 0 Å². The number of carbonyl (C=O) groups excluding carboxylic acids is 1. The van der Waals surface area contributed by atoms with E-state index in [1.807, 2.05) is 24.3 Å². The fourth-order valence-electron chi connectivity index (χ4n) is 3.49. The molecule has 1 aromatic heterocycles. The smallest absolute Gasteiger partial charge is 0.298 e. The van der Waals surface area contributed by atoms with Gasteiger partial charge in [-0.1, -0.05) is 12.1 Å². The maximum atomic E-state index is 12.3. The normalized spacial score (nSPS) is 20.8. The second-order valence-corrected chi connectivity index (χ2v) is 7.02. The first-order chi connectivity index (χ1) is 11.6. The molecule has 2 aromatic rings. The summed E-state index contributed by atoms with van der Waals surface area (Å²) in [6.07, 6.45) is 4.20. The van der Waals surface area contributed by atoms with Gasteiger partial charge in [-0.2, -0.15) is 4.98 Å².